The van der Waals surface area contributed by atoms with Crippen LogP contribution in [-0.4, -0.2) is 31.8 Å². The number of hydrogen-bond donors (Lipinski definition) is 2. The highest BCUT2D eigenvalue weighted by atomic mass is 16.5. The lowest BCUT2D eigenvalue weighted by molar-refractivity contribution is -0.141. The summed E-state index contributed by atoms with van der Waals surface area (Å²) in [6.07, 6.45) is 0.567. The Morgan fingerprint density at radius 2 is 2.00 bits per heavy atom. The highest BCUT2D eigenvalue weighted by molar-refractivity contribution is 5.71. The maximum absolute atomic E-state index is 11.0. The summed E-state index contributed by atoms with van der Waals surface area (Å²) >= 11 is 0. The van der Waals surface area contributed by atoms with Crippen LogP contribution < -0.4 is 14.8 Å². The van der Waals surface area contributed by atoms with Crippen LogP contribution in [-0.2, 0) is 4.79 Å². The predicted octanol–water partition coefficient (Wildman–Crippen LogP) is 1.75. The summed E-state index contributed by atoms with van der Waals surface area (Å²) in [4.78, 5) is 11.0. The van der Waals surface area contributed by atoms with Crippen molar-refractivity contribution in [1.82, 2.24) is 5.32 Å². The van der Waals surface area contributed by atoms with Gasteiger partial charge >= 0.3 is 5.97 Å². The van der Waals surface area contributed by atoms with Gasteiger partial charge in [0.15, 0.2) is 0 Å². The van der Waals surface area contributed by atoms with Crippen LogP contribution in [0.5, 0.6) is 11.5 Å². The van der Waals surface area contributed by atoms with E-state index in [2.05, 4.69) is 5.32 Å². The highest BCUT2D eigenvalue weighted by Crippen LogP contribution is 2.37. The maximum Gasteiger partial charge on any atom is 0.307 e. The van der Waals surface area contributed by atoms with Gasteiger partial charge in [-0.25, -0.2) is 0 Å². The third-order valence-electron chi connectivity index (χ3n) is 3.60. The molecule has 2 rings (SSSR count). The number of ether oxygens (including phenoxy) is 2. The monoisotopic (exact) mass is 265 g/mol. The minimum absolute atomic E-state index is 0.00875. The molecule has 0 aliphatic carbocycles. The minimum Gasteiger partial charge on any atom is -0.496 e. The summed E-state index contributed by atoms with van der Waals surface area (Å²) in [5, 5.41) is 12.3. The van der Waals surface area contributed by atoms with Crippen LogP contribution in [0.15, 0.2) is 12.1 Å². The molecule has 5 nitrogen and oxygen atoms in total. The zero-order chi connectivity index (χ0) is 14.0. The van der Waals surface area contributed by atoms with Crippen LogP contribution in [0.2, 0.25) is 0 Å². The van der Waals surface area contributed by atoms with E-state index in [0.717, 1.165) is 22.6 Å². The van der Waals surface area contributed by atoms with Crippen molar-refractivity contribution < 1.29 is 19.4 Å². The number of aliphatic carboxylic acids is 1. The average Bonchev–Trinajstić information content (AvgIpc) is 2.88. The average molecular weight is 265 g/mol. The first-order chi connectivity index (χ1) is 9.06. The van der Waals surface area contributed by atoms with Crippen molar-refractivity contribution >= 4 is 5.97 Å². The molecule has 0 aromatic heterocycles. The molecule has 1 heterocycles. The summed E-state index contributed by atoms with van der Waals surface area (Å²) in [6.45, 7) is 2.44. The molecular weight excluding hydrogens is 246 g/mol. The molecule has 2 N–H and O–H groups in total. The third kappa shape index (κ3) is 2.66. The number of rotatable bonds is 4. The molecule has 19 heavy (non-hydrogen) atoms. The van der Waals surface area contributed by atoms with Gasteiger partial charge < -0.3 is 19.9 Å². The van der Waals surface area contributed by atoms with Gasteiger partial charge in [-0.1, -0.05) is 0 Å². The van der Waals surface area contributed by atoms with Crippen LogP contribution in [0.1, 0.15) is 23.6 Å². The van der Waals surface area contributed by atoms with Crippen molar-refractivity contribution in [2.75, 3.05) is 20.8 Å². The summed E-state index contributed by atoms with van der Waals surface area (Å²) < 4.78 is 10.7. The fraction of sp³-hybridized carbons (Fsp3) is 0.500. The van der Waals surface area contributed by atoms with E-state index in [-0.39, 0.29) is 12.0 Å². The van der Waals surface area contributed by atoms with E-state index in [0.29, 0.717) is 13.0 Å². The molecular formula is C14H19NO4. The number of carboxylic acids is 1. The Balaban J connectivity index is 2.31. The third-order valence-corrected chi connectivity index (χ3v) is 3.60. The number of carbonyl (C=O) groups is 1. The van der Waals surface area contributed by atoms with E-state index in [1.165, 1.54) is 0 Å². The van der Waals surface area contributed by atoms with Gasteiger partial charge in [-0.3, -0.25) is 4.79 Å². The molecule has 2 atom stereocenters. The molecule has 104 valence electrons. The molecule has 1 aliphatic heterocycles. The molecule has 1 fully saturated rings. The summed E-state index contributed by atoms with van der Waals surface area (Å²) in [7, 11) is 3.25. The Morgan fingerprint density at radius 1 is 1.32 bits per heavy atom. The lowest BCUT2D eigenvalue weighted by Gasteiger charge is -2.17. The molecule has 0 saturated carbocycles. The number of hydrogen-bond acceptors (Lipinski definition) is 4. The van der Waals surface area contributed by atoms with Gasteiger partial charge in [-0.15, -0.1) is 0 Å². The van der Waals surface area contributed by atoms with E-state index in [4.69, 9.17) is 14.6 Å². The van der Waals surface area contributed by atoms with Gasteiger partial charge in [-0.05, 0) is 31.0 Å². The highest BCUT2D eigenvalue weighted by Gasteiger charge is 2.32. The van der Waals surface area contributed by atoms with Crippen molar-refractivity contribution in [3.05, 3.63) is 23.3 Å². The molecule has 1 aromatic rings. The maximum atomic E-state index is 11.0. The lowest BCUT2D eigenvalue weighted by atomic mass is 9.98. The van der Waals surface area contributed by atoms with Crippen LogP contribution in [0.25, 0.3) is 0 Å². The van der Waals surface area contributed by atoms with E-state index < -0.39 is 5.97 Å². The molecule has 1 saturated heterocycles. The molecule has 5 heteroatoms. The van der Waals surface area contributed by atoms with Crippen LogP contribution in [0.4, 0.5) is 0 Å². The Kier molecular flexibility index (Phi) is 3.95. The van der Waals surface area contributed by atoms with Crippen LogP contribution in [0, 0.1) is 12.8 Å². The quantitative estimate of drug-likeness (QED) is 0.868. The summed E-state index contributed by atoms with van der Waals surface area (Å²) in [5.41, 5.74) is 1.95. The van der Waals surface area contributed by atoms with E-state index in [1.54, 1.807) is 14.2 Å². The second-order valence-corrected chi connectivity index (χ2v) is 4.80. The van der Waals surface area contributed by atoms with Gasteiger partial charge in [-0.2, -0.15) is 0 Å². The Morgan fingerprint density at radius 3 is 2.53 bits per heavy atom. The lowest BCUT2D eigenvalue weighted by Crippen LogP contribution is -2.17. The fourth-order valence-corrected chi connectivity index (χ4v) is 2.51. The van der Waals surface area contributed by atoms with Crippen molar-refractivity contribution in [3.8, 4) is 11.5 Å². The number of nitrogens with one attached hydrogen (secondary N) is 1. The Labute approximate surface area is 112 Å². The van der Waals surface area contributed by atoms with Gasteiger partial charge in [0.25, 0.3) is 0 Å². The molecule has 2 unspecified atom stereocenters. The molecule has 0 bridgehead atoms. The van der Waals surface area contributed by atoms with Crippen molar-refractivity contribution in [3.63, 3.8) is 0 Å². The zero-order valence-corrected chi connectivity index (χ0v) is 11.4. The first-order valence-corrected chi connectivity index (χ1v) is 6.25. The van der Waals surface area contributed by atoms with Crippen molar-refractivity contribution in [1.29, 1.82) is 0 Å². The number of carboxylic acid groups (broad SMARTS) is 1. The Bertz CT molecular complexity index is 487. The van der Waals surface area contributed by atoms with Gasteiger partial charge in [0.1, 0.15) is 11.5 Å². The van der Waals surface area contributed by atoms with E-state index >= 15 is 0 Å². The first-order valence-electron chi connectivity index (χ1n) is 6.25. The van der Waals surface area contributed by atoms with Crippen molar-refractivity contribution in [2.24, 2.45) is 5.92 Å². The molecule has 0 radical (unpaired) electrons. The molecule has 0 spiro atoms. The number of methoxy groups -OCH3 is 2. The SMILES string of the molecule is COc1cc(C2CC(C(=O)O)CN2)c(OC)cc1C. The topological polar surface area (TPSA) is 67.8 Å². The largest absolute Gasteiger partial charge is 0.496 e. The molecule has 1 aliphatic rings. The smallest absolute Gasteiger partial charge is 0.307 e. The van der Waals surface area contributed by atoms with Gasteiger partial charge in [0.2, 0.25) is 0 Å². The summed E-state index contributed by atoms with van der Waals surface area (Å²) in [6, 6.07) is 3.84. The van der Waals surface area contributed by atoms with Crippen LogP contribution in [0.3, 0.4) is 0 Å². The molecule has 0 amide bonds. The zero-order valence-electron chi connectivity index (χ0n) is 11.4. The first kappa shape index (κ1) is 13.7. The van der Waals surface area contributed by atoms with E-state index in [1.807, 2.05) is 19.1 Å². The summed E-state index contributed by atoms with van der Waals surface area (Å²) in [5.74, 6) is 0.452. The van der Waals surface area contributed by atoms with Gasteiger partial charge in [0, 0.05) is 18.2 Å². The van der Waals surface area contributed by atoms with Crippen molar-refractivity contribution in [2.45, 2.75) is 19.4 Å². The molecule has 1 aromatic carbocycles. The Hall–Kier alpha value is -1.75. The second-order valence-electron chi connectivity index (χ2n) is 4.80. The van der Waals surface area contributed by atoms with Gasteiger partial charge in [0.05, 0.1) is 20.1 Å². The number of benzene rings is 1. The van der Waals surface area contributed by atoms with Crippen LogP contribution >= 0.6 is 0 Å². The normalized spacial score (nSPS) is 22.3. The standard InChI is InChI=1S/C14H19NO4/c1-8-4-13(19-3)10(6-12(8)18-2)11-5-9(7-15-11)14(16)17/h4,6,9,11,15H,5,7H2,1-3H3,(H,16,17). The minimum atomic E-state index is -0.756. The predicted molar refractivity (Wildman–Crippen MR) is 70.8 cm³/mol. The second kappa shape index (κ2) is 5.48. The van der Waals surface area contributed by atoms with E-state index in [9.17, 15) is 4.79 Å². The fourth-order valence-electron chi connectivity index (χ4n) is 2.51. The number of aryl methyl sites for hydroxylation is 1.